The lowest BCUT2D eigenvalue weighted by molar-refractivity contribution is 0.385. The predicted octanol–water partition coefficient (Wildman–Crippen LogP) is 2.66. The molecule has 4 nitrogen and oxygen atoms in total. The van der Waals surface area contributed by atoms with Crippen molar-refractivity contribution in [3.63, 3.8) is 0 Å². The van der Waals surface area contributed by atoms with Crippen LogP contribution in [0.4, 0.5) is 4.39 Å². The van der Waals surface area contributed by atoms with Crippen LogP contribution in [-0.4, -0.2) is 23.4 Å². The molecule has 0 spiro atoms. The Kier molecular flexibility index (Phi) is 4.74. The van der Waals surface area contributed by atoms with Gasteiger partial charge in [0.15, 0.2) is 11.6 Å². The maximum atomic E-state index is 13.5. The van der Waals surface area contributed by atoms with Gasteiger partial charge in [0.05, 0.1) is 18.8 Å². The average Bonchev–Trinajstić information content (AvgIpc) is 2.87. The minimum absolute atomic E-state index is 0.0642. The van der Waals surface area contributed by atoms with E-state index >= 15 is 0 Å². The summed E-state index contributed by atoms with van der Waals surface area (Å²) in [5.74, 6) is -0.103. The summed E-state index contributed by atoms with van der Waals surface area (Å²) in [6.45, 7) is 2.97. The summed E-state index contributed by atoms with van der Waals surface area (Å²) in [7, 11) is 3.35. The lowest BCUT2D eigenvalue weighted by Gasteiger charge is -2.18. The molecule has 1 aromatic heterocycles. The van der Waals surface area contributed by atoms with Crippen molar-refractivity contribution < 1.29 is 9.13 Å². The minimum Gasteiger partial charge on any atom is -0.494 e. The van der Waals surface area contributed by atoms with Crippen molar-refractivity contribution in [2.75, 3.05) is 13.7 Å². The summed E-state index contributed by atoms with van der Waals surface area (Å²) in [5.41, 5.74) is 1.85. The Morgan fingerprint density at radius 3 is 2.80 bits per heavy atom. The number of hydrogen-bond acceptors (Lipinski definition) is 3. The first-order chi connectivity index (χ1) is 9.65. The highest BCUT2D eigenvalue weighted by atomic mass is 19.1. The molecular formula is C15H20FN3O. The largest absolute Gasteiger partial charge is 0.494 e. The highest BCUT2D eigenvalue weighted by Crippen LogP contribution is 2.26. The molecule has 0 bridgehead atoms. The number of methoxy groups -OCH3 is 1. The molecule has 1 unspecified atom stereocenters. The fourth-order valence-electron chi connectivity index (χ4n) is 2.12. The Balaban J connectivity index is 2.35. The molecule has 0 aliphatic rings. The van der Waals surface area contributed by atoms with Gasteiger partial charge in [0.2, 0.25) is 0 Å². The Bertz CT molecular complexity index is 568. The molecule has 0 aliphatic carbocycles. The Labute approximate surface area is 118 Å². The molecule has 0 aliphatic heterocycles. The van der Waals surface area contributed by atoms with Crippen LogP contribution in [0.2, 0.25) is 0 Å². The molecule has 108 valence electrons. The number of halogens is 1. The number of aromatic nitrogens is 2. The second kappa shape index (κ2) is 6.52. The standard InChI is InChI=1S/C15H20FN3O/c1-4-8-17-15(13-7-9-19(2)18-13)11-5-6-12(16)14(10-11)20-3/h5-7,9-10,15,17H,4,8H2,1-3H3. The van der Waals surface area contributed by atoms with Gasteiger partial charge in [-0.3, -0.25) is 4.68 Å². The lowest BCUT2D eigenvalue weighted by Crippen LogP contribution is -2.24. The van der Waals surface area contributed by atoms with Crippen molar-refractivity contribution in [2.45, 2.75) is 19.4 Å². The van der Waals surface area contributed by atoms with Gasteiger partial charge in [-0.05, 0) is 36.7 Å². The Morgan fingerprint density at radius 2 is 2.20 bits per heavy atom. The van der Waals surface area contributed by atoms with Crippen LogP contribution in [0.5, 0.6) is 5.75 Å². The molecule has 1 atom stereocenters. The molecule has 2 aromatic rings. The topological polar surface area (TPSA) is 39.1 Å². The normalized spacial score (nSPS) is 12.4. The molecule has 2 rings (SSSR count). The van der Waals surface area contributed by atoms with Crippen molar-refractivity contribution in [3.05, 3.63) is 47.5 Å². The van der Waals surface area contributed by atoms with Crippen LogP contribution in [0, 0.1) is 5.82 Å². The van der Waals surface area contributed by atoms with Crippen LogP contribution < -0.4 is 10.1 Å². The van der Waals surface area contributed by atoms with Crippen molar-refractivity contribution in [3.8, 4) is 5.75 Å². The van der Waals surface area contributed by atoms with Gasteiger partial charge in [-0.2, -0.15) is 5.10 Å². The van der Waals surface area contributed by atoms with Crippen molar-refractivity contribution >= 4 is 0 Å². The van der Waals surface area contributed by atoms with Gasteiger partial charge in [-0.15, -0.1) is 0 Å². The zero-order chi connectivity index (χ0) is 14.5. The zero-order valence-corrected chi connectivity index (χ0v) is 12.1. The van der Waals surface area contributed by atoms with E-state index in [-0.39, 0.29) is 17.6 Å². The Morgan fingerprint density at radius 1 is 1.40 bits per heavy atom. The fraction of sp³-hybridized carbons (Fsp3) is 0.400. The van der Waals surface area contributed by atoms with E-state index in [4.69, 9.17) is 4.74 Å². The number of ether oxygens (including phenoxy) is 1. The van der Waals surface area contributed by atoms with Gasteiger partial charge in [-0.1, -0.05) is 13.0 Å². The van der Waals surface area contributed by atoms with E-state index in [2.05, 4.69) is 17.3 Å². The molecule has 0 saturated carbocycles. The third-order valence-electron chi connectivity index (χ3n) is 3.14. The van der Waals surface area contributed by atoms with Crippen molar-refractivity contribution in [2.24, 2.45) is 7.05 Å². The first-order valence-corrected chi connectivity index (χ1v) is 6.72. The highest BCUT2D eigenvalue weighted by molar-refractivity contribution is 5.35. The summed E-state index contributed by atoms with van der Waals surface area (Å²) in [6.07, 6.45) is 2.92. The molecule has 1 heterocycles. The van der Waals surface area contributed by atoms with Crippen LogP contribution in [0.1, 0.15) is 30.6 Å². The van der Waals surface area contributed by atoms with E-state index in [1.54, 1.807) is 16.8 Å². The second-order valence-corrected chi connectivity index (χ2v) is 4.70. The van der Waals surface area contributed by atoms with Crippen LogP contribution in [0.3, 0.4) is 0 Å². The minimum atomic E-state index is -0.355. The smallest absolute Gasteiger partial charge is 0.165 e. The summed E-state index contributed by atoms with van der Waals surface area (Å²) in [5, 5.41) is 7.87. The van der Waals surface area contributed by atoms with Gasteiger partial charge in [-0.25, -0.2) is 4.39 Å². The summed E-state index contributed by atoms with van der Waals surface area (Å²) in [4.78, 5) is 0. The number of aryl methyl sites for hydroxylation is 1. The quantitative estimate of drug-likeness (QED) is 0.882. The molecule has 0 fully saturated rings. The van der Waals surface area contributed by atoms with Crippen LogP contribution in [0.15, 0.2) is 30.5 Å². The first-order valence-electron chi connectivity index (χ1n) is 6.72. The fourth-order valence-corrected chi connectivity index (χ4v) is 2.12. The number of hydrogen-bond donors (Lipinski definition) is 1. The number of nitrogens with zero attached hydrogens (tertiary/aromatic N) is 2. The molecule has 0 radical (unpaired) electrons. The average molecular weight is 277 g/mol. The van der Waals surface area contributed by atoms with Gasteiger partial charge < -0.3 is 10.1 Å². The molecule has 1 N–H and O–H groups in total. The second-order valence-electron chi connectivity index (χ2n) is 4.70. The van der Waals surface area contributed by atoms with E-state index in [0.29, 0.717) is 0 Å². The van der Waals surface area contributed by atoms with E-state index in [9.17, 15) is 4.39 Å². The summed E-state index contributed by atoms with van der Waals surface area (Å²) >= 11 is 0. The highest BCUT2D eigenvalue weighted by Gasteiger charge is 2.17. The predicted molar refractivity (Wildman–Crippen MR) is 76.3 cm³/mol. The number of benzene rings is 1. The summed E-state index contributed by atoms with van der Waals surface area (Å²) < 4.78 is 20.3. The van der Waals surface area contributed by atoms with E-state index < -0.39 is 0 Å². The van der Waals surface area contributed by atoms with Crippen molar-refractivity contribution in [1.82, 2.24) is 15.1 Å². The van der Waals surface area contributed by atoms with Gasteiger partial charge >= 0.3 is 0 Å². The third kappa shape index (κ3) is 3.17. The van der Waals surface area contributed by atoms with E-state index in [1.807, 2.05) is 19.3 Å². The lowest BCUT2D eigenvalue weighted by atomic mass is 10.0. The SMILES string of the molecule is CCCNC(c1ccc(F)c(OC)c1)c1ccn(C)n1. The molecular weight excluding hydrogens is 257 g/mol. The summed E-state index contributed by atoms with van der Waals surface area (Å²) in [6, 6.07) is 6.81. The van der Waals surface area contributed by atoms with Crippen LogP contribution >= 0.6 is 0 Å². The molecule has 1 aromatic carbocycles. The molecule has 0 amide bonds. The Hall–Kier alpha value is -1.88. The monoisotopic (exact) mass is 277 g/mol. The zero-order valence-electron chi connectivity index (χ0n) is 12.1. The van der Waals surface area contributed by atoms with Crippen LogP contribution in [-0.2, 0) is 7.05 Å². The third-order valence-corrected chi connectivity index (χ3v) is 3.14. The van der Waals surface area contributed by atoms with E-state index in [1.165, 1.54) is 13.2 Å². The molecule has 5 heteroatoms. The first kappa shape index (κ1) is 14.5. The van der Waals surface area contributed by atoms with Gasteiger partial charge in [0, 0.05) is 13.2 Å². The van der Waals surface area contributed by atoms with E-state index in [0.717, 1.165) is 24.2 Å². The number of rotatable bonds is 6. The van der Waals surface area contributed by atoms with Gasteiger partial charge in [0.1, 0.15) is 0 Å². The maximum Gasteiger partial charge on any atom is 0.165 e. The van der Waals surface area contributed by atoms with Gasteiger partial charge in [0.25, 0.3) is 0 Å². The molecule has 0 saturated heterocycles. The maximum absolute atomic E-state index is 13.5. The van der Waals surface area contributed by atoms with Crippen molar-refractivity contribution in [1.29, 1.82) is 0 Å². The number of nitrogens with one attached hydrogen (secondary N) is 1. The molecule has 20 heavy (non-hydrogen) atoms. The van der Waals surface area contributed by atoms with Crippen LogP contribution in [0.25, 0.3) is 0 Å².